The van der Waals surface area contributed by atoms with Gasteiger partial charge in [0.25, 0.3) is 0 Å². The Bertz CT molecular complexity index is 346. The number of hydrogen-bond donors (Lipinski definition) is 2. The van der Waals surface area contributed by atoms with Crippen LogP contribution in [-0.4, -0.2) is 44.8 Å². The number of sulfonamides is 1. The first-order chi connectivity index (χ1) is 8.05. The predicted octanol–water partition coefficient (Wildman–Crippen LogP) is 0.801. The Morgan fingerprint density at radius 2 is 2.24 bits per heavy atom. The highest BCUT2D eigenvalue weighted by Gasteiger charge is 2.42. The van der Waals surface area contributed by atoms with Crippen molar-refractivity contribution in [3.05, 3.63) is 0 Å². The van der Waals surface area contributed by atoms with Gasteiger partial charge in [-0.2, -0.15) is 11.8 Å². The van der Waals surface area contributed by atoms with Crippen LogP contribution in [-0.2, 0) is 10.0 Å². The number of hydrogen-bond acceptors (Lipinski definition) is 4. The number of piperidine rings is 1. The minimum Gasteiger partial charge on any atom is -0.316 e. The molecule has 0 amide bonds. The van der Waals surface area contributed by atoms with Gasteiger partial charge >= 0.3 is 0 Å². The summed E-state index contributed by atoms with van der Waals surface area (Å²) in [4.78, 5) is 0. The lowest BCUT2D eigenvalue weighted by molar-refractivity contribution is 0.402. The van der Waals surface area contributed by atoms with E-state index in [1.807, 2.05) is 0 Å². The minimum absolute atomic E-state index is 0.206. The zero-order valence-corrected chi connectivity index (χ0v) is 12.0. The Kier molecular flexibility index (Phi) is 4.39. The second kappa shape index (κ2) is 5.47. The van der Waals surface area contributed by atoms with Crippen molar-refractivity contribution in [3.63, 3.8) is 0 Å². The van der Waals surface area contributed by atoms with E-state index < -0.39 is 10.0 Å². The van der Waals surface area contributed by atoms with Gasteiger partial charge in [0, 0.05) is 11.3 Å². The van der Waals surface area contributed by atoms with E-state index in [0.717, 1.165) is 38.8 Å². The van der Waals surface area contributed by atoms with Crippen LogP contribution in [0, 0.1) is 5.92 Å². The Labute approximate surface area is 108 Å². The molecule has 1 heterocycles. The summed E-state index contributed by atoms with van der Waals surface area (Å²) in [6.45, 7) is 2.48. The summed E-state index contributed by atoms with van der Waals surface area (Å²) in [5.41, 5.74) is 0. The van der Waals surface area contributed by atoms with Gasteiger partial charge < -0.3 is 5.32 Å². The van der Waals surface area contributed by atoms with Gasteiger partial charge in [-0.15, -0.1) is 0 Å². The highest BCUT2D eigenvalue weighted by molar-refractivity contribution is 8.00. The molecular weight excluding hydrogens is 256 g/mol. The van der Waals surface area contributed by atoms with Crippen molar-refractivity contribution < 1.29 is 8.42 Å². The fraction of sp³-hybridized carbons (Fsp3) is 1.00. The molecule has 0 aromatic rings. The standard InChI is InChI=1S/C11H22N2O2S2/c1-16-11(4-5-11)9-13-17(14,15)8-10-3-2-6-12-7-10/h10,12-13H,2-9H2,1H3. The third kappa shape index (κ3) is 4.12. The summed E-state index contributed by atoms with van der Waals surface area (Å²) in [5.74, 6) is 0.565. The summed E-state index contributed by atoms with van der Waals surface area (Å²) >= 11 is 1.79. The summed E-state index contributed by atoms with van der Waals surface area (Å²) in [5, 5.41) is 3.26. The molecule has 1 aliphatic heterocycles. The second-order valence-electron chi connectivity index (χ2n) is 5.20. The zero-order chi connectivity index (χ0) is 12.4. The van der Waals surface area contributed by atoms with Gasteiger partial charge in [0.15, 0.2) is 0 Å². The Hall–Kier alpha value is 0.220. The van der Waals surface area contributed by atoms with Crippen LogP contribution in [0.5, 0.6) is 0 Å². The molecule has 1 aliphatic carbocycles. The fourth-order valence-electron chi connectivity index (χ4n) is 2.27. The van der Waals surface area contributed by atoms with E-state index in [1.165, 1.54) is 0 Å². The van der Waals surface area contributed by atoms with Crippen LogP contribution >= 0.6 is 11.8 Å². The number of nitrogens with one attached hydrogen (secondary N) is 2. The van der Waals surface area contributed by atoms with Crippen LogP contribution < -0.4 is 10.0 Å². The van der Waals surface area contributed by atoms with E-state index in [9.17, 15) is 8.42 Å². The van der Waals surface area contributed by atoms with Crippen molar-refractivity contribution in [2.24, 2.45) is 5.92 Å². The lowest BCUT2D eigenvalue weighted by Gasteiger charge is -2.23. The van der Waals surface area contributed by atoms with E-state index in [-0.39, 0.29) is 16.4 Å². The molecule has 0 aromatic carbocycles. The highest BCUT2D eigenvalue weighted by Crippen LogP contribution is 2.46. The van der Waals surface area contributed by atoms with Crippen molar-refractivity contribution in [2.45, 2.75) is 30.4 Å². The first-order valence-corrected chi connectivity index (χ1v) is 9.16. The summed E-state index contributed by atoms with van der Waals surface area (Å²) in [7, 11) is -3.09. The third-order valence-corrected chi connectivity index (χ3v) is 6.62. The van der Waals surface area contributed by atoms with Gasteiger partial charge in [-0.3, -0.25) is 0 Å². The van der Waals surface area contributed by atoms with Gasteiger partial charge in [0.2, 0.25) is 10.0 Å². The van der Waals surface area contributed by atoms with Crippen LogP contribution in [0.1, 0.15) is 25.7 Å². The molecule has 1 unspecified atom stereocenters. The lowest BCUT2D eigenvalue weighted by atomic mass is 10.0. The zero-order valence-electron chi connectivity index (χ0n) is 10.4. The average Bonchev–Trinajstić information content (AvgIpc) is 3.08. The topological polar surface area (TPSA) is 58.2 Å². The Morgan fingerprint density at radius 1 is 1.47 bits per heavy atom. The molecule has 1 saturated carbocycles. The van der Waals surface area contributed by atoms with Gasteiger partial charge in [-0.1, -0.05) is 0 Å². The molecule has 0 spiro atoms. The number of rotatable bonds is 6. The summed E-state index contributed by atoms with van der Waals surface area (Å²) in [6, 6.07) is 0. The maximum Gasteiger partial charge on any atom is 0.211 e. The Morgan fingerprint density at radius 3 is 2.76 bits per heavy atom. The molecule has 6 heteroatoms. The van der Waals surface area contributed by atoms with Crippen LogP contribution in [0.25, 0.3) is 0 Å². The SMILES string of the molecule is CSC1(CNS(=O)(=O)CC2CCCNC2)CC1. The molecule has 17 heavy (non-hydrogen) atoms. The predicted molar refractivity (Wildman–Crippen MR) is 72.9 cm³/mol. The molecule has 1 atom stereocenters. The Balaban J connectivity index is 1.77. The first kappa shape index (κ1) is 13.6. The normalized spacial score (nSPS) is 27.9. The van der Waals surface area contributed by atoms with E-state index in [2.05, 4.69) is 16.3 Å². The molecule has 2 rings (SSSR count). The first-order valence-electron chi connectivity index (χ1n) is 6.28. The van der Waals surface area contributed by atoms with Gasteiger partial charge in [0.05, 0.1) is 5.75 Å². The van der Waals surface area contributed by atoms with Crippen molar-refractivity contribution >= 4 is 21.8 Å². The van der Waals surface area contributed by atoms with E-state index in [1.54, 1.807) is 11.8 Å². The molecule has 0 bridgehead atoms. The maximum absolute atomic E-state index is 11.9. The summed E-state index contributed by atoms with van der Waals surface area (Å²) in [6.07, 6.45) is 6.46. The monoisotopic (exact) mass is 278 g/mol. The van der Waals surface area contributed by atoms with Crippen molar-refractivity contribution in [3.8, 4) is 0 Å². The molecule has 2 fully saturated rings. The van der Waals surface area contributed by atoms with Crippen molar-refractivity contribution in [1.29, 1.82) is 0 Å². The van der Waals surface area contributed by atoms with Crippen molar-refractivity contribution in [2.75, 3.05) is 31.6 Å². The smallest absolute Gasteiger partial charge is 0.211 e. The molecule has 2 aliphatic rings. The average molecular weight is 278 g/mol. The van der Waals surface area contributed by atoms with Crippen LogP contribution in [0.15, 0.2) is 0 Å². The van der Waals surface area contributed by atoms with Crippen LogP contribution in [0.4, 0.5) is 0 Å². The van der Waals surface area contributed by atoms with Crippen molar-refractivity contribution in [1.82, 2.24) is 10.0 Å². The van der Waals surface area contributed by atoms with Gasteiger partial charge in [-0.05, 0) is 50.9 Å². The highest BCUT2D eigenvalue weighted by atomic mass is 32.2. The molecule has 4 nitrogen and oxygen atoms in total. The largest absolute Gasteiger partial charge is 0.316 e. The molecule has 2 N–H and O–H groups in total. The molecule has 1 saturated heterocycles. The molecule has 0 radical (unpaired) electrons. The van der Waals surface area contributed by atoms with E-state index in [4.69, 9.17) is 0 Å². The minimum atomic E-state index is -3.09. The number of thioether (sulfide) groups is 1. The summed E-state index contributed by atoms with van der Waals surface area (Å²) < 4.78 is 26.9. The fourth-order valence-corrected chi connectivity index (χ4v) is 4.61. The van der Waals surface area contributed by atoms with E-state index >= 15 is 0 Å². The quantitative estimate of drug-likeness (QED) is 0.754. The lowest BCUT2D eigenvalue weighted by Crippen LogP contribution is -2.39. The van der Waals surface area contributed by atoms with E-state index in [0.29, 0.717) is 6.54 Å². The van der Waals surface area contributed by atoms with Crippen LogP contribution in [0.2, 0.25) is 0 Å². The van der Waals surface area contributed by atoms with Gasteiger partial charge in [0.1, 0.15) is 0 Å². The third-order valence-electron chi connectivity index (χ3n) is 3.71. The second-order valence-corrected chi connectivity index (χ2v) is 8.33. The maximum atomic E-state index is 11.9. The van der Waals surface area contributed by atoms with Crippen LogP contribution in [0.3, 0.4) is 0 Å². The molecule has 100 valence electrons. The molecule has 0 aromatic heterocycles. The van der Waals surface area contributed by atoms with Gasteiger partial charge in [-0.25, -0.2) is 13.1 Å². The molecular formula is C11H22N2O2S2.